The van der Waals surface area contributed by atoms with Crippen molar-refractivity contribution in [3.05, 3.63) is 97.0 Å². The van der Waals surface area contributed by atoms with Gasteiger partial charge in [-0.2, -0.15) is 0 Å². The largest absolute Gasteiger partial charge is 0.507 e. The maximum Gasteiger partial charge on any atom is 0.227 e. The van der Waals surface area contributed by atoms with E-state index in [4.69, 9.17) is 0 Å². The highest BCUT2D eigenvalue weighted by atomic mass is 16.3. The second kappa shape index (κ2) is 9.78. The molecule has 1 saturated heterocycles. The van der Waals surface area contributed by atoms with Crippen LogP contribution in [-0.4, -0.2) is 57.0 Å². The van der Waals surface area contributed by atoms with Crippen LogP contribution in [0.15, 0.2) is 91.4 Å². The molecule has 0 spiro atoms. The van der Waals surface area contributed by atoms with Crippen molar-refractivity contribution < 1.29 is 9.90 Å². The summed E-state index contributed by atoms with van der Waals surface area (Å²) in [4.78, 5) is 29.0. The zero-order valence-corrected chi connectivity index (χ0v) is 20.3. The van der Waals surface area contributed by atoms with E-state index in [1.54, 1.807) is 18.6 Å². The number of aromatic nitrogens is 3. The Morgan fingerprint density at radius 1 is 0.892 bits per heavy atom. The number of amides is 1. The number of phenols is 1. The molecule has 0 aliphatic carbocycles. The van der Waals surface area contributed by atoms with Crippen LogP contribution in [0.25, 0.3) is 33.3 Å². The van der Waals surface area contributed by atoms with Crippen LogP contribution < -0.4 is 4.90 Å². The fourth-order valence-corrected chi connectivity index (χ4v) is 4.93. The Labute approximate surface area is 215 Å². The van der Waals surface area contributed by atoms with Crippen LogP contribution in [0.2, 0.25) is 0 Å². The summed E-state index contributed by atoms with van der Waals surface area (Å²) in [6.07, 6.45) is 5.70. The van der Waals surface area contributed by atoms with Gasteiger partial charge in [0.1, 0.15) is 11.6 Å². The number of carbonyl (C=O) groups is 1. The molecule has 1 amide bonds. The number of phenolic OH excluding ortho intramolecular Hbond substituents is 1. The van der Waals surface area contributed by atoms with Crippen molar-refractivity contribution in [2.45, 2.75) is 6.42 Å². The number of piperazine rings is 1. The van der Waals surface area contributed by atoms with Crippen molar-refractivity contribution in [1.82, 2.24) is 19.9 Å². The summed E-state index contributed by atoms with van der Waals surface area (Å²) < 4.78 is 0. The zero-order chi connectivity index (χ0) is 25.2. The number of hydrogen-bond donors (Lipinski definition) is 2. The number of pyridine rings is 2. The maximum atomic E-state index is 12.9. The number of hydrogen-bond acceptors (Lipinski definition) is 5. The van der Waals surface area contributed by atoms with Gasteiger partial charge in [-0.1, -0.05) is 42.5 Å². The molecule has 2 N–H and O–H groups in total. The van der Waals surface area contributed by atoms with E-state index in [1.165, 1.54) is 0 Å². The van der Waals surface area contributed by atoms with Crippen LogP contribution in [0.3, 0.4) is 0 Å². The lowest BCUT2D eigenvalue weighted by molar-refractivity contribution is -0.130. The molecule has 0 bridgehead atoms. The van der Waals surface area contributed by atoms with E-state index >= 15 is 0 Å². The number of nitrogens with one attached hydrogen (secondary N) is 1. The topological polar surface area (TPSA) is 85.3 Å². The van der Waals surface area contributed by atoms with Gasteiger partial charge in [0.15, 0.2) is 0 Å². The molecular formula is C30H27N5O2. The van der Waals surface area contributed by atoms with E-state index in [1.807, 2.05) is 77.7 Å². The Balaban J connectivity index is 1.13. The molecule has 1 aliphatic heterocycles. The third kappa shape index (κ3) is 4.63. The van der Waals surface area contributed by atoms with Crippen molar-refractivity contribution >= 4 is 22.6 Å². The summed E-state index contributed by atoms with van der Waals surface area (Å²) in [5, 5.41) is 12.1. The van der Waals surface area contributed by atoms with Crippen molar-refractivity contribution in [3.63, 3.8) is 0 Å². The molecule has 7 nitrogen and oxygen atoms in total. The third-order valence-corrected chi connectivity index (χ3v) is 6.97. The first-order valence-electron chi connectivity index (χ1n) is 12.4. The minimum absolute atomic E-state index is 0.131. The predicted octanol–water partition coefficient (Wildman–Crippen LogP) is 4.89. The summed E-state index contributed by atoms with van der Waals surface area (Å²) in [6, 6.07) is 23.4. The van der Waals surface area contributed by atoms with Crippen LogP contribution >= 0.6 is 0 Å². The molecule has 5 aromatic rings. The van der Waals surface area contributed by atoms with Gasteiger partial charge in [0.05, 0.1) is 12.1 Å². The van der Waals surface area contributed by atoms with Gasteiger partial charge in [-0.3, -0.25) is 9.78 Å². The highest BCUT2D eigenvalue weighted by Gasteiger charge is 2.22. The summed E-state index contributed by atoms with van der Waals surface area (Å²) in [7, 11) is 0. The van der Waals surface area contributed by atoms with Crippen molar-refractivity contribution in [2.24, 2.45) is 0 Å². The summed E-state index contributed by atoms with van der Waals surface area (Å²) in [5.74, 6) is 1.31. The number of nitrogens with zero attached hydrogens (tertiary/aromatic N) is 4. The van der Waals surface area contributed by atoms with Crippen LogP contribution in [0.1, 0.15) is 5.56 Å². The molecule has 3 aromatic heterocycles. The molecule has 0 atom stereocenters. The summed E-state index contributed by atoms with van der Waals surface area (Å²) >= 11 is 0. The molecule has 0 saturated carbocycles. The molecule has 1 aliphatic rings. The Hall–Kier alpha value is -4.65. The lowest BCUT2D eigenvalue weighted by Gasteiger charge is -2.35. The fourth-order valence-electron chi connectivity index (χ4n) is 4.93. The van der Waals surface area contributed by atoms with Gasteiger partial charge in [0.25, 0.3) is 0 Å². The number of rotatable bonds is 5. The van der Waals surface area contributed by atoms with Gasteiger partial charge in [0.2, 0.25) is 5.91 Å². The van der Waals surface area contributed by atoms with Crippen LogP contribution in [0, 0.1) is 0 Å². The minimum atomic E-state index is 0.131. The Kier molecular flexibility index (Phi) is 6.02. The predicted molar refractivity (Wildman–Crippen MR) is 145 cm³/mol. The lowest BCUT2D eigenvalue weighted by atomic mass is 9.98. The average Bonchev–Trinajstić information content (AvgIpc) is 3.38. The van der Waals surface area contributed by atoms with Gasteiger partial charge in [-0.15, -0.1) is 0 Å². The van der Waals surface area contributed by atoms with E-state index < -0.39 is 0 Å². The molecule has 4 heterocycles. The van der Waals surface area contributed by atoms with Crippen LogP contribution in [-0.2, 0) is 11.2 Å². The van der Waals surface area contributed by atoms with Crippen LogP contribution in [0.4, 0.5) is 5.82 Å². The molecule has 0 radical (unpaired) electrons. The van der Waals surface area contributed by atoms with E-state index in [0.717, 1.165) is 57.8 Å². The Morgan fingerprint density at radius 3 is 2.46 bits per heavy atom. The highest BCUT2D eigenvalue weighted by Crippen LogP contribution is 2.38. The van der Waals surface area contributed by atoms with Gasteiger partial charge in [0, 0.05) is 66.8 Å². The second-order valence-electron chi connectivity index (χ2n) is 9.28. The van der Waals surface area contributed by atoms with Gasteiger partial charge < -0.3 is 19.9 Å². The lowest BCUT2D eigenvalue weighted by Crippen LogP contribution is -2.49. The first-order valence-corrected chi connectivity index (χ1v) is 12.4. The number of fused-ring (bicyclic) bond motifs is 1. The van der Waals surface area contributed by atoms with Crippen molar-refractivity contribution in [3.8, 4) is 28.1 Å². The first kappa shape index (κ1) is 22.8. The third-order valence-electron chi connectivity index (χ3n) is 6.97. The minimum Gasteiger partial charge on any atom is -0.507 e. The molecule has 1 fully saturated rings. The highest BCUT2D eigenvalue weighted by molar-refractivity contribution is 5.89. The van der Waals surface area contributed by atoms with Crippen molar-refractivity contribution in [2.75, 3.05) is 31.1 Å². The Bertz CT molecular complexity index is 1500. The number of para-hydroxylation sites is 1. The normalized spacial score (nSPS) is 13.7. The first-order chi connectivity index (χ1) is 18.2. The number of H-pyrrole nitrogens is 1. The SMILES string of the molecule is O=C(Cc1ccc(-c2cccc(-c3cc4cnccc4[nH]3)c2O)cc1)N1CCN(c2ccccn2)CC1. The van der Waals surface area contributed by atoms with Gasteiger partial charge in [-0.25, -0.2) is 4.98 Å². The number of benzene rings is 2. The van der Waals surface area contributed by atoms with Crippen LogP contribution in [0.5, 0.6) is 5.75 Å². The molecule has 6 rings (SSSR count). The quantitative estimate of drug-likeness (QED) is 0.367. The zero-order valence-electron chi connectivity index (χ0n) is 20.3. The Morgan fingerprint density at radius 2 is 1.70 bits per heavy atom. The molecule has 184 valence electrons. The van der Waals surface area contributed by atoms with Crippen molar-refractivity contribution in [1.29, 1.82) is 0 Å². The van der Waals surface area contributed by atoms with E-state index in [9.17, 15) is 9.90 Å². The van der Waals surface area contributed by atoms with E-state index in [0.29, 0.717) is 19.5 Å². The average molecular weight is 490 g/mol. The fraction of sp³-hybridized carbons (Fsp3) is 0.167. The number of carbonyl (C=O) groups excluding carboxylic acids is 1. The number of aromatic amines is 1. The molecule has 2 aromatic carbocycles. The van der Waals surface area contributed by atoms with E-state index in [2.05, 4.69) is 19.9 Å². The molecule has 0 unspecified atom stereocenters. The van der Waals surface area contributed by atoms with Gasteiger partial charge >= 0.3 is 0 Å². The van der Waals surface area contributed by atoms with E-state index in [-0.39, 0.29) is 11.7 Å². The molecular weight excluding hydrogens is 462 g/mol. The monoisotopic (exact) mass is 489 g/mol. The summed E-state index contributed by atoms with van der Waals surface area (Å²) in [6.45, 7) is 2.95. The second-order valence-corrected chi connectivity index (χ2v) is 9.28. The van der Waals surface area contributed by atoms with Gasteiger partial charge in [-0.05, 0) is 41.5 Å². The smallest absolute Gasteiger partial charge is 0.227 e. The number of aromatic hydroxyl groups is 1. The molecule has 7 heteroatoms. The molecule has 37 heavy (non-hydrogen) atoms. The maximum absolute atomic E-state index is 12.9. The standard InChI is InChI=1S/C30H27N5O2/c36-29(35-16-14-34(15-17-35)28-6-1-2-12-32-28)18-21-7-9-22(10-8-21)24-4-3-5-25(30(24)37)27-19-23-20-31-13-11-26(23)33-27/h1-13,19-20,33,37H,14-18H2. The number of anilines is 1. The summed E-state index contributed by atoms with van der Waals surface area (Å²) in [5.41, 5.74) is 5.15.